The first-order valence-corrected chi connectivity index (χ1v) is 6.74. The van der Waals surface area contributed by atoms with Crippen LogP contribution in [0.1, 0.15) is 33.7 Å². The van der Waals surface area contributed by atoms with Gasteiger partial charge in [0, 0.05) is 30.9 Å². The first-order valence-electron chi connectivity index (χ1n) is 6.74. The van der Waals surface area contributed by atoms with Gasteiger partial charge in [0.2, 0.25) is 0 Å². The maximum atomic E-state index is 12.0. The topological polar surface area (TPSA) is 68.8 Å². The zero-order valence-corrected chi connectivity index (χ0v) is 12.6. The van der Waals surface area contributed by atoms with Crippen LogP contribution in [0.5, 0.6) is 0 Å². The van der Waals surface area contributed by atoms with E-state index in [9.17, 15) is 4.79 Å². The predicted octanol–water partition coefficient (Wildman–Crippen LogP) is 1.73. The van der Waals surface area contributed by atoms with Gasteiger partial charge in [0.25, 0.3) is 6.04 Å². The minimum atomic E-state index is -0.510. The zero-order valence-electron chi connectivity index (χ0n) is 12.6. The summed E-state index contributed by atoms with van der Waals surface area (Å²) < 4.78 is 6.90. The highest BCUT2D eigenvalue weighted by molar-refractivity contribution is 5.72. The number of aromatic nitrogens is 4. The minimum absolute atomic E-state index is 0.316. The first-order chi connectivity index (χ1) is 9.87. The highest BCUT2D eigenvalue weighted by atomic mass is 16.6. The molecule has 110 valence electrons. The van der Waals surface area contributed by atoms with Gasteiger partial charge >= 0.3 is 5.97 Å². The number of ether oxygens (including phenoxy) is 1. The SMILES string of the molecule is CC(C(=O)OC(C)(C)C)[n+]1ccc(-c2ncccn2)cn1. The van der Waals surface area contributed by atoms with Crippen molar-refractivity contribution >= 4 is 5.97 Å². The molecule has 1 atom stereocenters. The molecule has 2 aromatic heterocycles. The number of carbonyl (C=O) groups excluding carboxylic acids is 1. The number of hydrogen-bond acceptors (Lipinski definition) is 5. The Balaban J connectivity index is 2.14. The zero-order chi connectivity index (χ0) is 15.5. The molecule has 0 aliphatic carbocycles. The fraction of sp³-hybridized carbons (Fsp3) is 0.400. The molecule has 0 aliphatic heterocycles. The summed E-state index contributed by atoms with van der Waals surface area (Å²) in [5, 5.41) is 4.24. The number of nitrogens with zero attached hydrogens (tertiary/aromatic N) is 4. The van der Waals surface area contributed by atoms with E-state index in [1.807, 2.05) is 26.8 Å². The molecule has 0 amide bonds. The Bertz CT molecular complexity index is 606. The van der Waals surface area contributed by atoms with E-state index in [1.165, 1.54) is 0 Å². The molecule has 0 spiro atoms. The van der Waals surface area contributed by atoms with Gasteiger partial charge in [-0.15, -0.1) is 0 Å². The largest absolute Gasteiger partial charge is 0.455 e. The summed E-state index contributed by atoms with van der Waals surface area (Å²) in [6.07, 6.45) is 6.70. The molecule has 1 unspecified atom stereocenters. The Kier molecular flexibility index (Phi) is 4.26. The summed E-state index contributed by atoms with van der Waals surface area (Å²) in [7, 11) is 0. The Morgan fingerprint density at radius 3 is 2.48 bits per heavy atom. The lowest BCUT2D eigenvalue weighted by molar-refractivity contribution is -0.763. The van der Waals surface area contributed by atoms with Gasteiger partial charge in [0.05, 0.1) is 0 Å². The van der Waals surface area contributed by atoms with E-state index in [1.54, 1.807) is 42.5 Å². The van der Waals surface area contributed by atoms with Crippen LogP contribution in [0.15, 0.2) is 36.9 Å². The fourth-order valence-corrected chi connectivity index (χ4v) is 1.67. The summed E-state index contributed by atoms with van der Waals surface area (Å²) in [4.78, 5) is 20.3. The lowest BCUT2D eigenvalue weighted by atomic mass is 10.2. The van der Waals surface area contributed by atoms with Gasteiger partial charge in [-0.2, -0.15) is 0 Å². The Morgan fingerprint density at radius 1 is 1.29 bits per heavy atom. The molecule has 6 heteroatoms. The Labute approximate surface area is 123 Å². The molecule has 0 aliphatic rings. The van der Waals surface area contributed by atoms with Crippen molar-refractivity contribution in [1.82, 2.24) is 15.1 Å². The number of hydrogen-bond donors (Lipinski definition) is 0. The van der Waals surface area contributed by atoms with Crippen molar-refractivity contribution in [1.29, 1.82) is 0 Å². The van der Waals surface area contributed by atoms with Crippen LogP contribution in [0.4, 0.5) is 0 Å². The van der Waals surface area contributed by atoms with Crippen LogP contribution in [0.25, 0.3) is 11.4 Å². The van der Waals surface area contributed by atoms with Gasteiger partial charge in [-0.25, -0.2) is 14.8 Å². The van der Waals surface area contributed by atoms with Gasteiger partial charge in [-0.3, -0.25) is 0 Å². The molecule has 0 saturated heterocycles. The first kappa shape index (κ1) is 15.0. The van der Waals surface area contributed by atoms with E-state index in [0.717, 1.165) is 5.56 Å². The molecule has 2 aromatic rings. The van der Waals surface area contributed by atoms with Crippen LogP contribution in [-0.2, 0) is 9.53 Å². The van der Waals surface area contributed by atoms with Crippen LogP contribution < -0.4 is 4.68 Å². The quantitative estimate of drug-likeness (QED) is 0.635. The third-order valence-electron chi connectivity index (χ3n) is 2.71. The summed E-state index contributed by atoms with van der Waals surface area (Å²) in [6, 6.07) is 3.09. The van der Waals surface area contributed by atoms with E-state index < -0.39 is 11.6 Å². The van der Waals surface area contributed by atoms with Gasteiger partial charge in [0.15, 0.2) is 12.0 Å². The standard InChI is InChI=1S/C15H19N4O2/c1-11(14(20)21-15(2,3)4)19-9-6-12(10-18-19)13-16-7-5-8-17-13/h5-11H,1-4H3/q+1. The van der Waals surface area contributed by atoms with Crippen molar-refractivity contribution in [3.8, 4) is 11.4 Å². The third-order valence-corrected chi connectivity index (χ3v) is 2.71. The maximum Gasteiger partial charge on any atom is 0.378 e. The molecular weight excluding hydrogens is 268 g/mol. The van der Waals surface area contributed by atoms with Crippen molar-refractivity contribution < 1.29 is 14.2 Å². The molecule has 0 aromatic carbocycles. The summed E-state index contributed by atoms with van der Waals surface area (Å²) in [6.45, 7) is 7.27. The second-order valence-corrected chi connectivity index (χ2v) is 5.68. The highest BCUT2D eigenvalue weighted by Gasteiger charge is 2.29. The van der Waals surface area contributed by atoms with Crippen molar-refractivity contribution in [3.05, 3.63) is 36.9 Å². The second kappa shape index (κ2) is 5.95. The summed E-state index contributed by atoms with van der Waals surface area (Å²) in [5.41, 5.74) is 0.284. The van der Waals surface area contributed by atoms with Crippen LogP contribution in [-0.4, -0.2) is 26.6 Å². The lowest BCUT2D eigenvalue weighted by Gasteiger charge is -2.19. The second-order valence-electron chi connectivity index (χ2n) is 5.68. The van der Waals surface area contributed by atoms with E-state index >= 15 is 0 Å². The highest BCUT2D eigenvalue weighted by Crippen LogP contribution is 2.12. The summed E-state index contributed by atoms with van der Waals surface area (Å²) in [5.74, 6) is 0.283. The Hall–Kier alpha value is -2.37. The van der Waals surface area contributed by atoms with Crippen LogP contribution in [0, 0.1) is 0 Å². The lowest BCUT2D eigenvalue weighted by Crippen LogP contribution is -2.47. The van der Waals surface area contributed by atoms with Crippen LogP contribution in [0.3, 0.4) is 0 Å². The van der Waals surface area contributed by atoms with Gasteiger partial charge in [0.1, 0.15) is 11.8 Å². The minimum Gasteiger partial charge on any atom is -0.455 e. The number of carbonyl (C=O) groups is 1. The van der Waals surface area contributed by atoms with Gasteiger partial charge < -0.3 is 4.74 Å². The molecule has 0 bridgehead atoms. The van der Waals surface area contributed by atoms with Crippen LogP contribution in [0.2, 0.25) is 0 Å². The van der Waals surface area contributed by atoms with E-state index in [2.05, 4.69) is 15.1 Å². The van der Waals surface area contributed by atoms with E-state index in [4.69, 9.17) is 4.74 Å². The van der Waals surface area contributed by atoms with Crippen LogP contribution >= 0.6 is 0 Å². The van der Waals surface area contributed by atoms with Gasteiger partial charge in [-0.1, -0.05) is 4.68 Å². The maximum absolute atomic E-state index is 12.0. The number of rotatable bonds is 3. The molecule has 0 radical (unpaired) electrons. The average molecular weight is 287 g/mol. The molecule has 2 rings (SSSR count). The molecule has 0 saturated carbocycles. The predicted molar refractivity (Wildman–Crippen MR) is 76.0 cm³/mol. The van der Waals surface area contributed by atoms with Crippen molar-refractivity contribution in [2.24, 2.45) is 0 Å². The summed E-state index contributed by atoms with van der Waals surface area (Å²) >= 11 is 0. The molecule has 21 heavy (non-hydrogen) atoms. The van der Waals surface area contributed by atoms with Crippen molar-refractivity contribution in [2.45, 2.75) is 39.3 Å². The van der Waals surface area contributed by atoms with Crippen molar-refractivity contribution in [3.63, 3.8) is 0 Å². The average Bonchev–Trinajstić information content (AvgIpc) is 2.46. The van der Waals surface area contributed by atoms with E-state index in [-0.39, 0.29) is 5.97 Å². The smallest absolute Gasteiger partial charge is 0.378 e. The molecular formula is C15H19N4O2+. The normalized spacial score (nSPS) is 12.8. The van der Waals surface area contributed by atoms with Crippen molar-refractivity contribution in [2.75, 3.05) is 0 Å². The van der Waals surface area contributed by atoms with E-state index in [0.29, 0.717) is 5.82 Å². The number of esters is 1. The third kappa shape index (κ3) is 4.05. The van der Waals surface area contributed by atoms with Gasteiger partial charge in [-0.05, 0) is 31.9 Å². The molecule has 0 N–H and O–H groups in total. The molecule has 2 heterocycles. The monoisotopic (exact) mass is 287 g/mol. The Morgan fingerprint density at radius 2 is 1.95 bits per heavy atom. The molecule has 6 nitrogen and oxygen atoms in total. The molecule has 0 fully saturated rings. The fourth-order valence-electron chi connectivity index (χ4n) is 1.67.